The molecule has 0 spiro atoms. The summed E-state index contributed by atoms with van der Waals surface area (Å²) >= 11 is 0.951. The van der Waals surface area contributed by atoms with E-state index in [2.05, 4.69) is 15.5 Å². The van der Waals surface area contributed by atoms with E-state index in [1.54, 1.807) is 6.07 Å². The second-order valence-electron chi connectivity index (χ2n) is 5.13. The molecule has 3 N–H and O–H groups in total. The van der Waals surface area contributed by atoms with Crippen molar-refractivity contribution in [2.24, 2.45) is 0 Å². The first-order chi connectivity index (χ1) is 11.9. The predicted octanol–water partition coefficient (Wildman–Crippen LogP) is -0.926. The molecule has 0 bridgehead atoms. The summed E-state index contributed by atoms with van der Waals surface area (Å²) in [6.45, 7) is 1.87. The number of aliphatic carboxylic acids is 1. The quantitative estimate of drug-likeness (QED) is 0.475. The highest BCUT2D eigenvalue weighted by Gasteiger charge is 2.13. The minimum absolute atomic E-state index is 0.0158. The number of carbonyl (C=O) groups is 2. The highest BCUT2D eigenvalue weighted by atomic mass is 32.2. The van der Waals surface area contributed by atoms with Gasteiger partial charge in [-0.2, -0.15) is 4.68 Å². The van der Waals surface area contributed by atoms with Crippen molar-refractivity contribution in [3.8, 4) is 0 Å². The average molecular weight is 362 g/mol. The van der Waals surface area contributed by atoms with Crippen LogP contribution in [0.4, 0.5) is 5.69 Å². The number of nitrogens with two attached hydrogens (primary N) is 1. The Kier molecular flexibility index (Phi) is 6.12. The molecule has 2 rings (SSSR count). The molecular formula is C15H16N5O4S-. The molecule has 0 aliphatic rings. The molecule has 25 heavy (non-hydrogen) atoms. The molecular weight excluding hydrogens is 346 g/mol. The molecule has 2 aromatic rings. The van der Waals surface area contributed by atoms with Gasteiger partial charge in [0.15, 0.2) is 0 Å². The topological polar surface area (TPSA) is 143 Å². The number of amides is 1. The third-order valence-corrected chi connectivity index (χ3v) is 4.19. The van der Waals surface area contributed by atoms with Crippen LogP contribution in [-0.4, -0.2) is 32.5 Å². The maximum atomic E-state index is 12.0. The third kappa shape index (κ3) is 5.05. The van der Waals surface area contributed by atoms with Crippen LogP contribution < -0.4 is 21.8 Å². The number of aryl methyl sites for hydroxylation is 2. The normalized spacial score (nSPS) is 10.4. The van der Waals surface area contributed by atoms with Gasteiger partial charge in [-0.3, -0.25) is 9.59 Å². The predicted molar refractivity (Wildman–Crippen MR) is 90.3 cm³/mol. The fourth-order valence-corrected chi connectivity index (χ4v) is 2.58. The van der Waals surface area contributed by atoms with Crippen LogP contribution in [0.25, 0.3) is 0 Å². The molecule has 132 valence electrons. The van der Waals surface area contributed by atoms with E-state index in [1.165, 1.54) is 0 Å². The third-order valence-electron chi connectivity index (χ3n) is 3.25. The molecule has 1 aromatic heterocycles. The van der Waals surface area contributed by atoms with Crippen molar-refractivity contribution in [2.45, 2.75) is 24.9 Å². The number of nitrogens with zero attached hydrogens (tertiary/aromatic N) is 3. The van der Waals surface area contributed by atoms with E-state index >= 15 is 0 Å². The molecule has 1 aromatic carbocycles. The minimum Gasteiger partial charge on any atom is -0.550 e. The average Bonchev–Trinajstić information content (AvgIpc) is 2.57. The number of nitrogen functional groups attached to an aromatic ring is 1. The van der Waals surface area contributed by atoms with Gasteiger partial charge in [-0.05, 0) is 25.0 Å². The van der Waals surface area contributed by atoms with Crippen molar-refractivity contribution in [2.75, 3.05) is 16.9 Å². The molecule has 0 aliphatic carbocycles. The number of hydrogen-bond acceptors (Lipinski definition) is 8. The van der Waals surface area contributed by atoms with Gasteiger partial charge in [-0.1, -0.05) is 30.0 Å². The van der Waals surface area contributed by atoms with E-state index in [0.717, 1.165) is 22.0 Å². The number of thioether (sulfide) groups is 1. The van der Waals surface area contributed by atoms with Gasteiger partial charge in [0.05, 0.1) is 5.75 Å². The summed E-state index contributed by atoms with van der Waals surface area (Å²) in [6, 6.07) is 7.33. The number of aromatic nitrogens is 3. The van der Waals surface area contributed by atoms with Gasteiger partial charge in [0.25, 0.3) is 5.56 Å². The molecule has 9 nitrogen and oxygen atoms in total. The Balaban J connectivity index is 2.00. The molecule has 0 aliphatic heterocycles. The summed E-state index contributed by atoms with van der Waals surface area (Å²) in [5.74, 6) is 4.04. The van der Waals surface area contributed by atoms with Crippen molar-refractivity contribution in [1.82, 2.24) is 14.9 Å². The second kappa shape index (κ2) is 8.29. The Labute approximate surface area is 147 Å². The fourth-order valence-electron chi connectivity index (χ4n) is 1.93. The molecule has 0 saturated heterocycles. The van der Waals surface area contributed by atoms with E-state index < -0.39 is 11.5 Å². The zero-order valence-electron chi connectivity index (χ0n) is 13.4. The van der Waals surface area contributed by atoms with Gasteiger partial charge in [-0.15, -0.1) is 10.2 Å². The summed E-state index contributed by atoms with van der Waals surface area (Å²) in [4.78, 5) is 34.4. The second-order valence-corrected chi connectivity index (χ2v) is 6.07. The van der Waals surface area contributed by atoms with E-state index in [-0.39, 0.29) is 35.4 Å². The lowest BCUT2D eigenvalue weighted by Gasteiger charge is -2.09. The number of carboxylic acid groups (broad SMARTS) is 1. The van der Waals surface area contributed by atoms with Crippen LogP contribution >= 0.6 is 11.8 Å². The van der Waals surface area contributed by atoms with Crippen LogP contribution in [0.15, 0.2) is 34.2 Å². The number of carboxylic acids is 1. The number of rotatable bonds is 7. The first-order valence-electron chi connectivity index (χ1n) is 7.30. The summed E-state index contributed by atoms with van der Waals surface area (Å²) in [6.07, 6.45) is -0.473. The van der Waals surface area contributed by atoms with E-state index in [1.807, 2.05) is 25.1 Å². The van der Waals surface area contributed by atoms with Gasteiger partial charge < -0.3 is 21.1 Å². The van der Waals surface area contributed by atoms with Crippen LogP contribution in [0, 0.1) is 6.92 Å². The van der Waals surface area contributed by atoms with Crippen molar-refractivity contribution in [1.29, 1.82) is 0 Å². The lowest BCUT2D eigenvalue weighted by Crippen LogP contribution is -2.34. The largest absolute Gasteiger partial charge is 0.550 e. The monoisotopic (exact) mass is 362 g/mol. The van der Waals surface area contributed by atoms with Gasteiger partial charge in [0.2, 0.25) is 11.1 Å². The van der Waals surface area contributed by atoms with Crippen molar-refractivity contribution in [3.05, 3.63) is 45.9 Å². The number of benzene rings is 1. The summed E-state index contributed by atoms with van der Waals surface area (Å²) < 4.78 is 0.753. The molecule has 1 heterocycles. The molecule has 0 saturated carbocycles. The molecule has 0 radical (unpaired) electrons. The highest BCUT2D eigenvalue weighted by Crippen LogP contribution is 2.15. The van der Waals surface area contributed by atoms with Crippen molar-refractivity contribution >= 4 is 29.3 Å². The van der Waals surface area contributed by atoms with Gasteiger partial charge in [-0.25, -0.2) is 0 Å². The van der Waals surface area contributed by atoms with Gasteiger partial charge in [0.1, 0.15) is 5.69 Å². The maximum absolute atomic E-state index is 12.0. The van der Waals surface area contributed by atoms with E-state index in [0.29, 0.717) is 5.69 Å². The Hall–Kier alpha value is -2.88. The smallest absolute Gasteiger partial charge is 0.294 e. The standard InChI is InChI=1S/C15H17N5O4S/c1-9-4-2-3-5-10(9)17-12(21)8-25-15-19-18-11(6-7-13(22)23)14(24)20(15)16/h2-5H,6-8,16H2,1H3,(H,17,21)(H,22,23)/p-1. The lowest BCUT2D eigenvalue weighted by atomic mass is 10.2. The van der Waals surface area contributed by atoms with Crippen LogP contribution in [0.2, 0.25) is 0 Å². The maximum Gasteiger partial charge on any atom is 0.294 e. The highest BCUT2D eigenvalue weighted by molar-refractivity contribution is 7.99. The molecule has 0 fully saturated rings. The Morgan fingerprint density at radius 3 is 2.72 bits per heavy atom. The molecule has 10 heteroatoms. The molecule has 0 unspecified atom stereocenters. The first kappa shape index (κ1) is 18.5. The fraction of sp³-hybridized carbons (Fsp3) is 0.267. The SMILES string of the molecule is Cc1ccccc1NC(=O)CSc1nnc(CCC(=O)[O-])c(=O)n1N. The minimum atomic E-state index is -1.30. The zero-order valence-corrected chi connectivity index (χ0v) is 14.2. The van der Waals surface area contributed by atoms with Crippen LogP contribution in [0.3, 0.4) is 0 Å². The summed E-state index contributed by atoms with van der Waals surface area (Å²) in [7, 11) is 0. The summed E-state index contributed by atoms with van der Waals surface area (Å²) in [5, 5.41) is 20.7. The lowest BCUT2D eigenvalue weighted by molar-refractivity contribution is -0.305. The number of para-hydroxylation sites is 1. The Morgan fingerprint density at radius 2 is 2.04 bits per heavy atom. The number of carbonyl (C=O) groups excluding carboxylic acids is 2. The van der Waals surface area contributed by atoms with Crippen molar-refractivity contribution < 1.29 is 14.7 Å². The number of anilines is 1. The van der Waals surface area contributed by atoms with Crippen molar-refractivity contribution in [3.63, 3.8) is 0 Å². The van der Waals surface area contributed by atoms with Crippen LogP contribution in [0.1, 0.15) is 17.7 Å². The van der Waals surface area contributed by atoms with Gasteiger partial charge in [0, 0.05) is 18.1 Å². The number of hydrogen-bond donors (Lipinski definition) is 2. The van der Waals surface area contributed by atoms with Crippen LogP contribution in [0.5, 0.6) is 0 Å². The first-order valence-corrected chi connectivity index (χ1v) is 8.29. The van der Waals surface area contributed by atoms with Gasteiger partial charge >= 0.3 is 0 Å². The zero-order chi connectivity index (χ0) is 18.4. The summed E-state index contributed by atoms with van der Waals surface area (Å²) in [5.41, 5.74) is 0.897. The molecule has 1 amide bonds. The number of nitrogens with one attached hydrogen (secondary N) is 1. The molecule has 0 atom stereocenters. The Bertz CT molecular complexity index is 852. The van der Waals surface area contributed by atoms with E-state index in [9.17, 15) is 19.5 Å². The van der Waals surface area contributed by atoms with Crippen LogP contribution in [-0.2, 0) is 16.0 Å². The Morgan fingerprint density at radius 1 is 1.32 bits per heavy atom. The van der Waals surface area contributed by atoms with E-state index in [4.69, 9.17) is 5.84 Å².